The molecule has 0 unspecified atom stereocenters. The van der Waals surface area contributed by atoms with E-state index >= 15 is 0 Å². The number of anilines is 1. The van der Waals surface area contributed by atoms with Crippen LogP contribution >= 0.6 is 44.1 Å². The molecule has 0 bridgehead atoms. The SMILES string of the molecule is CN(Cc1ccc(Br)cc1)c1cc(Br)ccc1C(N)=S. The summed E-state index contributed by atoms with van der Waals surface area (Å²) in [6, 6.07) is 14.2. The molecule has 0 atom stereocenters. The van der Waals surface area contributed by atoms with E-state index in [1.807, 2.05) is 37.4 Å². The molecule has 2 aromatic carbocycles. The van der Waals surface area contributed by atoms with Crippen molar-refractivity contribution in [3.8, 4) is 0 Å². The summed E-state index contributed by atoms with van der Waals surface area (Å²) in [5.41, 5.74) is 8.94. The van der Waals surface area contributed by atoms with Crippen LogP contribution in [-0.4, -0.2) is 12.0 Å². The smallest absolute Gasteiger partial charge is 0.106 e. The van der Waals surface area contributed by atoms with E-state index in [4.69, 9.17) is 18.0 Å². The fourth-order valence-electron chi connectivity index (χ4n) is 1.98. The van der Waals surface area contributed by atoms with Crippen LogP contribution in [0, 0.1) is 0 Å². The quantitative estimate of drug-likeness (QED) is 0.749. The van der Waals surface area contributed by atoms with Crippen LogP contribution in [0.1, 0.15) is 11.1 Å². The Labute approximate surface area is 141 Å². The molecule has 2 aromatic rings. The van der Waals surface area contributed by atoms with E-state index in [2.05, 4.69) is 48.9 Å². The predicted octanol–water partition coefficient (Wildman–Crippen LogP) is 4.48. The van der Waals surface area contributed by atoms with Crippen LogP contribution in [0.2, 0.25) is 0 Å². The third-order valence-corrected chi connectivity index (χ3v) is 4.21. The topological polar surface area (TPSA) is 29.3 Å². The Kier molecular flexibility index (Phi) is 5.18. The van der Waals surface area contributed by atoms with Gasteiger partial charge >= 0.3 is 0 Å². The van der Waals surface area contributed by atoms with E-state index in [9.17, 15) is 0 Å². The van der Waals surface area contributed by atoms with Gasteiger partial charge in [0.1, 0.15) is 4.99 Å². The molecule has 0 fully saturated rings. The second-order valence-electron chi connectivity index (χ2n) is 4.51. The van der Waals surface area contributed by atoms with Gasteiger partial charge in [-0.1, -0.05) is 56.2 Å². The van der Waals surface area contributed by atoms with Crippen molar-refractivity contribution in [2.24, 2.45) is 5.73 Å². The van der Waals surface area contributed by atoms with Crippen LogP contribution in [0.5, 0.6) is 0 Å². The highest BCUT2D eigenvalue weighted by atomic mass is 79.9. The summed E-state index contributed by atoms with van der Waals surface area (Å²) in [6.45, 7) is 0.791. The van der Waals surface area contributed by atoms with Gasteiger partial charge in [-0.25, -0.2) is 0 Å². The number of nitrogens with two attached hydrogens (primary N) is 1. The number of thiocarbonyl (C=S) groups is 1. The van der Waals surface area contributed by atoms with Crippen molar-refractivity contribution in [2.45, 2.75) is 6.54 Å². The van der Waals surface area contributed by atoms with Crippen LogP contribution in [0.4, 0.5) is 5.69 Å². The van der Waals surface area contributed by atoms with Gasteiger partial charge in [-0.05, 0) is 35.9 Å². The zero-order chi connectivity index (χ0) is 14.7. The summed E-state index contributed by atoms with van der Waals surface area (Å²) in [7, 11) is 2.03. The predicted molar refractivity (Wildman–Crippen MR) is 96.3 cm³/mol. The molecule has 5 heteroatoms. The summed E-state index contributed by atoms with van der Waals surface area (Å²) in [4.78, 5) is 2.55. The van der Waals surface area contributed by atoms with Crippen molar-refractivity contribution in [2.75, 3.05) is 11.9 Å². The maximum Gasteiger partial charge on any atom is 0.106 e. The molecule has 104 valence electrons. The van der Waals surface area contributed by atoms with E-state index in [1.54, 1.807) is 0 Å². The Balaban J connectivity index is 2.28. The number of rotatable bonds is 4. The minimum absolute atomic E-state index is 0.412. The van der Waals surface area contributed by atoms with Crippen LogP contribution in [-0.2, 0) is 6.54 Å². The van der Waals surface area contributed by atoms with Gasteiger partial charge in [0.2, 0.25) is 0 Å². The largest absolute Gasteiger partial charge is 0.389 e. The molecule has 0 saturated carbocycles. The fourth-order valence-corrected chi connectivity index (χ4v) is 2.76. The number of hydrogen-bond donors (Lipinski definition) is 1. The van der Waals surface area contributed by atoms with Crippen LogP contribution in [0.25, 0.3) is 0 Å². The van der Waals surface area contributed by atoms with Gasteiger partial charge < -0.3 is 10.6 Å². The third-order valence-electron chi connectivity index (χ3n) is 2.97. The van der Waals surface area contributed by atoms with Gasteiger partial charge in [0.25, 0.3) is 0 Å². The lowest BCUT2D eigenvalue weighted by Gasteiger charge is -2.22. The maximum absolute atomic E-state index is 5.80. The second-order valence-corrected chi connectivity index (χ2v) is 6.78. The summed E-state index contributed by atoms with van der Waals surface area (Å²) < 4.78 is 2.09. The summed E-state index contributed by atoms with van der Waals surface area (Å²) >= 11 is 12.1. The minimum atomic E-state index is 0.412. The number of benzene rings is 2. The Bertz CT molecular complexity index is 626. The summed E-state index contributed by atoms with van der Waals surface area (Å²) in [5, 5.41) is 0. The fraction of sp³-hybridized carbons (Fsp3) is 0.133. The maximum atomic E-state index is 5.80. The summed E-state index contributed by atoms with van der Waals surface area (Å²) in [6.07, 6.45) is 0. The Morgan fingerprint density at radius 1 is 1.10 bits per heavy atom. The Hall–Kier alpha value is -0.910. The molecule has 0 amide bonds. The van der Waals surface area contributed by atoms with Crippen LogP contribution in [0.15, 0.2) is 51.4 Å². The van der Waals surface area contributed by atoms with E-state index < -0.39 is 0 Å². The Morgan fingerprint density at radius 3 is 2.30 bits per heavy atom. The van der Waals surface area contributed by atoms with E-state index in [-0.39, 0.29) is 0 Å². The first-order chi connectivity index (χ1) is 9.47. The van der Waals surface area contributed by atoms with E-state index in [1.165, 1.54) is 5.56 Å². The molecule has 2 nitrogen and oxygen atoms in total. The standard InChI is InChI=1S/C15H14Br2N2S/c1-19(9-10-2-4-11(16)5-3-10)14-8-12(17)6-7-13(14)15(18)20/h2-8H,9H2,1H3,(H2,18,20). The van der Waals surface area contributed by atoms with E-state index in [0.29, 0.717) is 4.99 Å². The first-order valence-electron chi connectivity index (χ1n) is 6.02. The molecule has 0 radical (unpaired) electrons. The molecular weight excluding hydrogens is 400 g/mol. The number of halogens is 2. The van der Waals surface area contributed by atoms with Crippen molar-refractivity contribution in [1.82, 2.24) is 0 Å². The van der Waals surface area contributed by atoms with Gasteiger partial charge in [0.15, 0.2) is 0 Å². The lowest BCUT2D eigenvalue weighted by Crippen LogP contribution is -2.21. The molecule has 0 aliphatic carbocycles. The van der Waals surface area contributed by atoms with Gasteiger partial charge in [-0.2, -0.15) is 0 Å². The van der Waals surface area contributed by atoms with Crippen molar-refractivity contribution < 1.29 is 0 Å². The molecule has 2 rings (SSSR count). The van der Waals surface area contributed by atoms with Gasteiger partial charge in [0.05, 0.1) is 0 Å². The van der Waals surface area contributed by atoms with Gasteiger partial charge in [-0.3, -0.25) is 0 Å². The third kappa shape index (κ3) is 3.81. The van der Waals surface area contributed by atoms with Crippen molar-refractivity contribution >= 4 is 54.8 Å². The Morgan fingerprint density at radius 2 is 1.70 bits per heavy atom. The molecule has 0 spiro atoms. The normalized spacial score (nSPS) is 10.3. The molecule has 0 heterocycles. The lowest BCUT2D eigenvalue weighted by molar-refractivity contribution is 0.921. The average molecular weight is 414 g/mol. The lowest BCUT2D eigenvalue weighted by atomic mass is 10.1. The van der Waals surface area contributed by atoms with Crippen LogP contribution < -0.4 is 10.6 Å². The highest BCUT2D eigenvalue weighted by molar-refractivity contribution is 9.10. The van der Waals surface area contributed by atoms with Gasteiger partial charge in [-0.15, -0.1) is 0 Å². The number of nitrogens with zero attached hydrogens (tertiary/aromatic N) is 1. The first kappa shape index (κ1) is 15.5. The van der Waals surface area contributed by atoms with E-state index in [0.717, 1.165) is 26.7 Å². The zero-order valence-electron chi connectivity index (χ0n) is 10.9. The van der Waals surface area contributed by atoms with Crippen molar-refractivity contribution in [3.63, 3.8) is 0 Å². The highest BCUT2D eigenvalue weighted by Crippen LogP contribution is 2.26. The monoisotopic (exact) mass is 412 g/mol. The second kappa shape index (κ2) is 6.70. The summed E-state index contributed by atoms with van der Waals surface area (Å²) in [5.74, 6) is 0. The first-order valence-corrected chi connectivity index (χ1v) is 8.02. The van der Waals surface area contributed by atoms with Gasteiger partial charge in [0, 0.05) is 33.8 Å². The van der Waals surface area contributed by atoms with Crippen LogP contribution in [0.3, 0.4) is 0 Å². The highest BCUT2D eigenvalue weighted by Gasteiger charge is 2.10. The molecule has 2 N–H and O–H groups in total. The van der Waals surface area contributed by atoms with Crippen molar-refractivity contribution in [1.29, 1.82) is 0 Å². The molecule has 0 saturated heterocycles. The minimum Gasteiger partial charge on any atom is -0.389 e. The molecule has 0 aliphatic rings. The molecular formula is C15H14Br2N2S. The molecule has 20 heavy (non-hydrogen) atoms. The number of hydrogen-bond acceptors (Lipinski definition) is 2. The molecule has 0 aliphatic heterocycles. The zero-order valence-corrected chi connectivity index (χ0v) is 14.9. The van der Waals surface area contributed by atoms with Crippen molar-refractivity contribution in [3.05, 3.63) is 62.5 Å². The molecule has 0 aromatic heterocycles. The average Bonchev–Trinajstić information content (AvgIpc) is 2.41.